The Morgan fingerprint density at radius 2 is 2.00 bits per heavy atom. The Morgan fingerprint density at radius 3 is 2.29 bits per heavy atom. The first-order chi connectivity index (χ1) is 6.45. The molecule has 0 aromatic heterocycles. The number of hydrogen-bond acceptors (Lipinski definition) is 1. The van der Waals surface area contributed by atoms with Gasteiger partial charge in [-0.05, 0) is 19.3 Å². The van der Waals surface area contributed by atoms with Crippen molar-refractivity contribution in [3.05, 3.63) is 12.2 Å². The number of rotatable bonds is 6. The van der Waals surface area contributed by atoms with Crippen LogP contribution < -0.4 is 0 Å². The van der Waals surface area contributed by atoms with E-state index in [-0.39, 0.29) is 11.6 Å². The third-order valence-electron chi connectivity index (χ3n) is 2.59. The summed E-state index contributed by atoms with van der Waals surface area (Å²) in [6.45, 7) is 8.02. The smallest absolute Gasteiger partial charge is 0.147 e. The average molecular weight is 203 g/mol. The van der Waals surface area contributed by atoms with Crippen LogP contribution in [-0.2, 0) is 0 Å². The molecule has 0 bridgehead atoms. The molecule has 0 aromatic rings. The summed E-state index contributed by atoms with van der Waals surface area (Å²) in [5.41, 5.74) is 0.450. The molecular formula is C11H19F2N. The third-order valence-corrected chi connectivity index (χ3v) is 2.59. The summed E-state index contributed by atoms with van der Waals surface area (Å²) in [6.07, 6.45) is -0.818. The second kappa shape index (κ2) is 5.89. The molecule has 0 aliphatic rings. The summed E-state index contributed by atoms with van der Waals surface area (Å²) >= 11 is 0. The first kappa shape index (κ1) is 13.3. The first-order valence-electron chi connectivity index (χ1n) is 4.89. The molecule has 0 amide bonds. The Labute approximate surface area is 84.7 Å². The normalized spacial score (nSPS) is 17.2. The molecule has 14 heavy (non-hydrogen) atoms. The van der Waals surface area contributed by atoms with E-state index in [0.717, 1.165) is 0 Å². The molecule has 1 nitrogen and oxygen atoms in total. The van der Waals surface area contributed by atoms with E-state index in [9.17, 15) is 8.78 Å². The minimum Gasteiger partial charge on any atom is -0.306 e. The molecule has 3 atom stereocenters. The minimum absolute atomic E-state index is 0.0156. The van der Waals surface area contributed by atoms with Gasteiger partial charge >= 0.3 is 0 Å². The van der Waals surface area contributed by atoms with Gasteiger partial charge in [-0.1, -0.05) is 26.0 Å². The maximum absolute atomic E-state index is 13.6. The van der Waals surface area contributed by atoms with Crippen molar-refractivity contribution >= 4 is 5.71 Å². The van der Waals surface area contributed by atoms with Crippen LogP contribution >= 0.6 is 0 Å². The van der Waals surface area contributed by atoms with Crippen LogP contribution in [0, 0.1) is 17.2 Å². The van der Waals surface area contributed by atoms with Gasteiger partial charge in [0.2, 0.25) is 0 Å². The van der Waals surface area contributed by atoms with Crippen molar-refractivity contribution in [1.29, 1.82) is 5.41 Å². The average Bonchev–Trinajstić information content (AvgIpc) is 2.15. The number of nitrogens with one attached hydrogen (secondary N) is 1. The van der Waals surface area contributed by atoms with Gasteiger partial charge in [-0.25, -0.2) is 4.39 Å². The number of alkyl halides is 2. The van der Waals surface area contributed by atoms with Crippen LogP contribution in [0.15, 0.2) is 12.2 Å². The zero-order chi connectivity index (χ0) is 11.3. The molecule has 0 saturated heterocycles. The van der Waals surface area contributed by atoms with E-state index in [1.165, 1.54) is 0 Å². The molecule has 0 spiro atoms. The fourth-order valence-corrected chi connectivity index (χ4v) is 1.17. The van der Waals surface area contributed by atoms with Crippen molar-refractivity contribution < 1.29 is 8.78 Å². The van der Waals surface area contributed by atoms with Gasteiger partial charge in [-0.15, -0.1) is 0 Å². The molecule has 0 fully saturated rings. The predicted octanol–water partition coefficient (Wildman–Crippen LogP) is 3.55. The van der Waals surface area contributed by atoms with Crippen LogP contribution in [0.2, 0.25) is 0 Å². The van der Waals surface area contributed by atoms with Crippen LogP contribution in [0.5, 0.6) is 0 Å². The summed E-state index contributed by atoms with van der Waals surface area (Å²) in [4.78, 5) is 0. The maximum atomic E-state index is 13.6. The topological polar surface area (TPSA) is 23.9 Å². The molecule has 0 aromatic carbocycles. The van der Waals surface area contributed by atoms with E-state index >= 15 is 0 Å². The highest BCUT2D eigenvalue weighted by atomic mass is 19.1. The number of hydrogen-bond donors (Lipinski definition) is 1. The Balaban J connectivity index is 4.49. The Kier molecular flexibility index (Phi) is 5.58. The highest BCUT2D eigenvalue weighted by Gasteiger charge is 2.28. The van der Waals surface area contributed by atoms with Crippen molar-refractivity contribution in [2.24, 2.45) is 11.8 Å². The molecule has 1 unspecified atom stereocenters. The summed E-state index contributed by atoms with van der Waals surface area (Å²) < 4.78 is 26.1. The third kappa shape index (κ3) is 3.20. The highest BCUT2D eigenvalue weighted by Crippen LogP contribution is 2.21. The minimum atomic E-state index is -1.52. The lowest BCUT2D eigenvalue weighted by Gasteiger charge is -2.22. The molecule has 3 heteroatoms. The second-order valence-electron chi connectivity index (χ2n) is 3.77. The molecule has 1 N–H and O–H groups in total. The van der Waals surface area contributed by atoms with Gasteiger partial charge < -0.3 is 5.41 Å². The highest BCUT2D eigenvalue weighted by molar-refractivity contribution is 5.88. The van der Waals surface area contributed by atoms with E-state index in [0.29, 0.717) is 12.0 Å². The van der Waals surface area contributed by atoms with Gasteiger partial charge in [0.1, 0.15) is 6.17 Å². The fraction of sp³-hybridized carbons (Fsp3) is 0.727. The summed E-state index contributed by atoms with van der Waals surface area (Å²) in [5.74, 6) is -0.977. The quantitative estimate of drug-likeness (QED) is 0.504. The van der Waals surface area contributed by atoms with Crippen LogP contribution in [0.25, 0.3) is 0 Å². The molecule has 0 aliphatic heterocycles. The zero-order valence-corrected chi connectivity index (χ0v) is 9.11. The zero-order valence-electron chi connectivity index (χ0n) is 9.11. The SMILES string of the molecule is C=C(C)C(CF)[C@H](F)C(=N)[C@H](C)CC. The van der Waals surface area contributed by atoms with Gasteiger partial charge in [0.25, 0.3) is 0 Å². The largest absolute Gasteiger partial charge is 0.306 e. The lowest BCUT2D eigenvalue weighted by atomic mass is 9.88. The number of halogens is 2. The van der Waals surface area contributed by atoms with E-state index in [2.05, 4.69) is 6.58 Å². The summed E-state index contributed by atoms with van der Waals surface area (Å²) in [6, 6.07) is 0. The van der Waals surface area contributed by atoms with Crippen LogP contribution in [0.1, 0.15) is 27.2 Å². The van der Waals surface area contributed by atoms with E-state index in [4.69, 9.17) is 5.41 Å². The van der Waals surface area contributed by atoms with Crippen molar-refractivity contribution in [3.8, 4) is 0 Å². The monoisotopic (exact) mass is 203 g/mol. The van der Waals surface area contributed by atoms with Crippen LogP contribution in [0.4, 0.5) is 8.78 Å². The van der Waals surface area contributed by atoms with Gasteiger partial charge in [-0.2, -0.15) is 0 Å². The lowest BCUT2D eigenvalue weighted by Crippen LogP contribution is -2.31. The summed E-state index contributed by atoms with van der Waals surface area (Å²) in [7, 11) is 0. The molecular weight excluding hydrogens is 184 g/mol. The predicted molar refractivity (Wildman–Crippen MR) is 56.4 cm³/mol. The van der Waals surface area contributed by atoms with Gasteiger partial charge in [0.05, 0.1) is 6.67 Å². The van der Waals surface area contributed by atoms with Crippen LogP contribution in [-0.4, -0.2) is 18.6 Å². The number of allylic oxidation sites excluding steroid dienone is 1. The molecule has 0 heterocycles. The molecule has 0 aliphatic carbocycles. The maximum Gasteiger partial charge on any atom is 0.147 e. The molecule has 0 saturated carbocycles. The second-order valence-corrected chi connectivity index (χ2v) is 3.77. The van der Waals surface area contributed by atoms with E-state index < -0.39 is 18.8 Å². The van der Waals surface area contributed by atoms with E-state index in [1.54, 1.807) is 13.8 Å². The van der Waals surface area contributed by atoms with Crippen molar-refractivity contribution in [1.82, 2.24) is 0 Å². The first-order valence-corrected chi connectivity index (χ1v) is 4.89. The van der Waals surface area contributed by atoms with Gasteiger partial charge in [-0.3, -0.25) is 4.39 Å². The molecule has 82 valence electrons. The van der Waals surface area contributed by atoms with E-state index in [1.807, 2.05) is 6.92 Å². The van der Waals surface area contributed by atoms with Gasteiger partial charge in [0.15, 0.2) is 0 Å². The Morgan fingerprint density at radius 1 is 1.50 bits per heavy atom. The fourth-order valence-electron chi connectivity index (χ4n) is 1.17. The van der Waals surface area contributed by atoms with Crippen molar-refractivity contribution in [2.45, 2.75) is 33.4 Å². The Hall–Kier alpha value is -0.730. The Bertz CT molecular complexity index is 213. The van der Waals surface area contributed by atoms with Gasteiger partial charge in [0, 0.05) is 11.6 Å². The standard InChI is InChI=1S/C11H19F2N/c1-5-8(4)11(14)10(13)9(6-12)7(2)3/h8-10,14H,2,5-6H2,1,3-4H3/t8-,9?,10+/m1/s1. The van der Waals surface area contributed by atoms with Crippen molar-refractivity contribution in [2.75, 3.05) is 6.67 Å². The van der Waals surface area contributed by atoms with Crippen molar-refractivity contribution in [3.63, 3.8) is 0 Å². The molecule has 0 radical (unpaired) electrons. The lowest BCUT2D eigenvalue weighted by molar-refractivity contribution is 0.270. The summed E-state index contributed by atoms with van der Waals surface area (Å²) in [5, 5.41) is 7.54. The van der Waals surface area contributed by atoms with Crippen LogP contribution in [0.3, 0.4) is 0 Å². The molecule has 0 rings (SSSR count).